The Morgan fingerprint density at radius 1 is 1.25 bits per heavy atom. The van der Waals surface area contributed by atoms with E-state index in [0.29, 0.717) is 6.20 Å². The molecular formula is C7H4F6N2O. The maximum absolute atomic E-state index is 12.2. The molecule has 16 heavy (non-hydrogen) atoms. The van der Waals surface area contributed by atoms with Gasteiger partial charge in [-0.15, -0.1) is 0 Å². The molecule has 0 saturated heterocycles. The van der Waals surface area contributed by atoms with Gasteiger partial charge in [0.15, 0.2) is 12.0 Å². The third kappa shape index (κ3) is 2.97. The first-order chi connectivity index (χ1) is 7.13. The molecule has 0 aromatic carbocycles. The van der Waals surface area contributed by atoms with Crippen molar-refractivity contribution in [2.75, 3.05) is 0 Å². The second-order valence-corrected chi connectivity index (χ2v) is 2.86. The van der Waals surface area contributed by atoms with Crippen LogP contribution in [-0.2, 0) is 12.7 Å². The minimum atomic E-state index is -4.95. The molecule has 0 unspecified atom stereocenters. The van der Waals surface area contributed by atoms with Gasteiger partial charge < -0.3 is 0 Å². The molecule has 0 aliphatic carbocycles. The van der Waals surface area contributed by atoms with Gasteiger partial charge in [-0.25, -0.2) is 0 Å². The summed E-state index contributed by atoms with van der Waals surface area (Å²) in [6.07, 6.45) is -9.44. The van der Waals surface area contributed by atoms with E-state index in [1.807, 2.05) is 0 Å². The second-order valence-electron chi connectivity index (χ2n) is 2.86. The van der Waals surface area contributed by atoms with Crippen molar-refractivity contribution in [2.24, 2.45) is 0 Å². The summed E-state index contributed by atoms with van der Waals surface area (Å²) in [4.78, 5) is 10.2. The predicted octanol–water partition coefficient (Wildman–Crippen LogP) is 2.28. The number of rotatable bonds is 2. The zero-order chi connectivity index (χ0) is 12.6. The van der Waals surface area contributed by atoms with Crippen molar-refractivity contribution < 1.29 is 31.1 Å². The van der Waals surface area contributed by atoms with Crippen LogP contribution in [-0.4, -0.2) is 22.2 Å². The lowest BCUT2D eigenvalue weighted by molar-refractivity contribution is -0.149. The minimum Gasteiger partial charge on any atom is -0.298 e. The number of hydrogen-bond acceptors (Lipinski definition) is 2. The first-order valence-corrected chi connectivity index (χ1v) is 3.80. The smallest absolute Gasteiger partial charge is 0.298 e. The van der Waals surface area contributed by atoms with Gasteiger partial charge in [0.25, 0.3) is 0 Å². The molecule has 90 valence electrons. The summed E-state index contributed by atoms with van der Waals surface area (Å²) in [5.41, 5.74) is -2.54. The lowest BCUT2D eigenvalue weighted by Gasteiger charge is -2.05. The molecule has 0 aliphatic rings. The highest BCUT2D eigenvalue weighted by Crippen LogP contribution is 2.30. The normalized spacial score (nSPS) is 12.9. The number of carbonyl (C=O) groups excluding carboxylic acids is 1. The van der Waals surface area contributed by atoms with Gasteiger partial charge in [0, 0.05) is 6.20 Å². The molecule has 0 fully saturated rings. The molecule has 1 aromatic rings. The van der Waals surface area contributed by atoms with Crippen LogP contribution in [0.15, 0.2) is 6.20 Å². The van der Waals surface area contributed by atoms with Crippen molar-refractivity contribution in [1.29, 1.82) is 0 Å². The van der Waals surface area contributed by atoms with Crippen molar-refractivity contribution in [3.8, 4) is 0 Å². The Hall–Kier alpha value is -1.54. The molecule has 0 atom stereocenters. The Morgan fingerprint density at radius 2 is 1.81 bits per heavy atom. The maximum Gasteiger partial charge on any atom is 0.435 e. The van der Waals surface area contributed by atoms with Gasteiger partial charge in [-0.3, -0.25) is 9.48 Å². The monoisotopic (exact) mass is 246 g/mol. The molecule has 9 heteroatoms. The van der Waals surface area contributed by atoms with Crippen LogP contribution in [0.5, 0.6) is 0 Å². The fourth-order valence-corrected chi connectivity index (χ4v) is 1.01. The van der Waals surface area contributed by atoms with Crippen LogP contribution in [0.1, 0.15) is 16.1 Å². The number of halogens is 6. The van der Waals surface area contributed by atoms with E-state index in [4.69, 9.17) is 0 Å². The van der Waals surface area contributed by atoms with E-state index in [9.17, 15) is 31.1 Å². The van der Waals surface area contributed by atoms with Crippen LogP contribution in [0.25, 0.3) is 0 Å². The van der Waals surface area contributed by atoms with Gasteiger partial charge >= 0.3 is 12.4 Å². The fraction of sp³-hybridized carbons (Fsp3) is 0.429. The molecule has 0 radical (unpaired) electrons. The van der Waals surface area contributed by atoms with Crippen LogP contribution < -0.4 is 0 Å². The predicted molar refractivity (Wildman–Crippen MR) is 38.7 cm³/mol. The van der Waals surface area contributed by atoms with Crippen LogP contribution in [0, 0.1) is 0 Å². The van der Waals surface area contributed by atoms with E-state index in [0.717, 1.165) is 0 Å². The molecule has 0 saturated carbocycles. The average Bonchev–Trinajstić information content (AvgIpc) is 2.43. The van der Waals surface area contributed by atoms with E-state index in [-0.39, 0.29) is 11.0 Å². The van der Waals surface area contributed by atoms with E-state index in [1.54, 1.807) is 0 Å². The van der Waals surface area contributed by atoms with Crippen molar-refractivity contribution in [3.05, 3.63) is 17.5 Å². The fourth-order valence-electron chi connectivity index (χ4n) is 1.01. The molecule has 0 aliphatic heterocycles. The van der Waals surface area contributed by atoms with Gasteiger partial charge in [0.1, 0.15) is 6.54 Å². The number of nitrogens with zero attached hydrogens (tertiary/aromatic N) is 2. The highest BCUT2D eigenvalue weighted by molar-refractivity contribution is 5.76. The molecule has 3 nitrogen and oxygen atoms in total. The van der Waals surface area contributed by atoms with Crippen molar-refractivity contribution in [1.82, 2.24) is 9.78 Å². The zero-order valence-electron chi connectivity index (χ0n) is 7.43. The lowest BCUT2D eigenvalue weighted by Crippen LogP contribution is -2.18. The van der Waals surface area contributed by atoms with Gasteiger partial charge in [-0.05, 0) is 0 Å². The largest absolute Gasteiger partial charge is 0.435 e. The van der Waals surface area contributed by atoms with Crippen LogP contribution >= 0.6 is 0 Å². The first-order valence-electron chi connectivity index (χ1n) is 3.80. The highest BCUT2D eigenvalue weighted by Gasteiger charge is 2.38. The van der Waals surface area contributed by atoms with Gasteiger partial charge in [0.2, 0.25) is 0 Å². The third-order valence-corrected chi connectivity index (χ3v) is 1.53. The Bertz CT molecular complexity index is 391. The molecule has 0 amide bonds. The summed E-state index contributed by atoms with van der Waals surface area (Å²) in [5, 5.41) is 2.68. The standard InChI is InChI=1S/C7H4F6N2O/c8-6(9,10)3-15-1-4(2-16)5(14-15)7(11,12)13/h1-2H,3H2. The quantitative estimate of drug-likeness (QED) is 0.592. The number of carbonyl (C=O) groups is 1. The second kappa shape index (κ2) is 3.80. The minimum absolute atomic E-state index is 0.0343. The summed E-state index contributed by atoms with van der Waals surface area (Å²) >= 11 is 0. The summed E-state index contributed by atoms with van der Waals surface area (Å²) < 4.78 is 72.1. The van der Waals surface area contributed by atoms with E-state index >= 15 is 0 Å². The number of aldehydes is 1. The van der Waals surface area contributed by atoms with Crippen molar-refractivity contribution in [3.63, 3.8) is 0 Å². The van der Waals surface area contributed by atoms with Gasteiger partial charge in [-0.2, -0.15) is 31.4 Å². The molecular weight excluding hydrogens is 242 g/mol. The molecule has 1 heterocycles. The Kier molecular flexibility index (Phi) is 2.97. The van der Waals surface area contributed by atoms with Crippen LogP contribution in [0.3, 0.4) is 0 Å². The van der Waals surface area contributed by atoms with Crippen molar-refractivity contribution >= 4 is 6.29 Å². The van der Waals surface area contributed by atoms with Crippen LogP contribution in [0.4, 0.5) is 26.3 Å². The Labute approximate surface area is 84.7 Å². The van der Waals surface area contributed by atoms with E-state index in [1.165, 1.54) is 0 Å². The molecule has 1 aromatic heterocycles. The number of alkyl halides is 6. The highest BCUT2D eigenvalue weighted by atomic mass is 19.4. The first kappa shape index (κ1) is 12.5. The lowest BCUT2D eigenvalue weighted by atomic mass is 10.3. The SMILES string of the molecule is O=Cc1cn(CC(F)(F)F)nc1C(F)(F)F. The Morgan fingerprint density at radius 3 is 2.12 bits per heavy atom. The molecule has 0 bridgehead atoms. The van der Waals surface area contributed by atoms with Crippen LogP contribution in [0.2, 0.25) is 0 Å². The van der Waals surface area contributed by atoms with Gasteiger partial charge in [0.05, 0.1) is 5.56 Å². The molecule has 0 N–H and O–H groups in total. The molecule has 1 rings (SSSR count). The summed E-state index contributed by atoms with van der Waals surface area (Å²) in [5.74, 6) is 0. The average molecular weight is 246 g/mol. The Balaban J connectivity index is 3.09. The summed E-state index contributed by atoms with van der Waals surface area (Å²) in [6, 6.07) is 0. The van der Waals surface area contributed by atoms with Gasteiger partial charge in [-0.1, -0.05) is 0 Å². The molecule has 0 spiro atoms. The van der Waals surface area contributed by atoms with E-state index in [2.05, 4.69) is 5.10 Å². The van der Waals surface area contributed by atoms with Crippen molar-refractivity contribution in [2.45, 2.75) is 18.9 Å². The summed E-state index contributed by atoms with van der Waals surface area (Å²) in [7, 11) is 0. The number of aromatic nitrogens is 2. The van der Waals surface area contributed by atoms with E-state index < -0.39 is 30.2 Å². The number of hydrogen-bond donors (Lipinski definition) is 0. The maximum atomic E-state index is 12.2. The topological polar surface area (TPSA) is 34.9 Å². The third-order valence-electron chi connectivity index (χ3n) is 1.53. The summed E-state index contributed by atoms with van der Waals surface area (Å²) in [6.45, 7) is -1.68. The zero-order valence-corrected chi connectivity index (χ0v) is 7.43.